The lowest BCUT2D eigenvalue weighted by molar-refractivity contribution is -0.150. The van der Waals surface area contributed by atoms with Gasteiger partial charge in [-0.05, 0) is 12.8 Å². The molecule has 0 saturated heterocycles. The zero-order chi connectivity index (χ0) is 8.69. The molecule has 3 nitrogen and oxygen atoms in total. The zero-order valence-corrected chi connectivity index (χ0v) is 7.17. The van der Waals surface area contributed by atoms with Crippen molar-refractivity contribution < 1.29 is 14.6 Å². The van der Waals surface area contributed by atoms with Crippen LogP contribution in [0.1, 0.15) is 26.7 Å². The number of aliphatic hydroxyl groups is 1. The molecule has 0 fully saturated rings. The van der Waals surface area contributed by atoms with Gasteiger partial charge in [0, 0.05) is 0 Å². The highest BCUT2D eigenvalue weighted by molar-refractivity contribution is 5.72. The molecule has 0 aliphatic heterocycles. The first-order valence-corrected chi connectivity index (χ1v) is 4.03. The van der Waals surface area contributed by atoms with E-state index in [1.807, 2.05) is 13.8 Å². The number of hydrogen-bond acceptors (Lipinski definition) is 3. The second-order valence-electron chi connectivity index (χ2n) is 2.46. The molecule has 0 aromatic heterocycles. The van der Waals surface area contributed by atoms with Gasteiger partial charge in [-0.1, -0.05) is 13.8 Å². The first kappa shape index (κ1) is 10.4. The van der Waals surface area contributed by atoms with E-state index in [0.29, 0.717) is 13.0 Å². The largest absolute Gasteiger partial charge is 0.465 e. The minimum atomic E-state index is -0.332. The summed E-state index contributed by atoms with van der Waals surface area (Å²) in [5, 5.41) is 8.69. The van der Waals surface area contributed by atoms with Crippen molar-refractivity contribution in [3.63, 3.8) is 0 Å². The summed E-state index contributed by atoms with van der Waals surface area (Å²) in [6.07, 6.45) is 1.46. The van der Waals surface area contributed by atoms with Gasteiger partial charge in [-0.2, -0.15) is 0 Å². The van der Waals surface area contributed by atoms with Gasteiger partial charge in [0.25, 0.3) is 0 Å². The van der Waals surface area contributed by atoms with Crippen molar-refractivity contribution in [2.45, 2.75) is 26.7 Å². The molecule has 0 heterocycles. The summed E-state index contributed by atoms with van der Waals surface area (Å²) < 4.78 is 4.84. The highest BCUT2D eigenvalue weighted by atomic mass is 16.5. The summed E-state index contributed by atoms with van der Waals surface area (Å²) in [4.78, 5) is 11.0. The SMILES string of the molecule is CCCOC(=O)C(CC)CO. The molecule has 0 aromatic carbocycles. The van der Waals surface area contributed by atoms with Gasteiger partial charge in [0.05, 0.1) is 19.1 Å². The Hall–Kier alpha value is -0.570. The maximum Gasteiger partial charge on any atom is 0.311 e. The number of hydrogen-bond donors (Lipinski definition) is 1. The van der Waals surface area contributed by atoms with E-state index in [-0.39, 0.29) is 18.5 Å². The second-order valence-corrected chi connectivity index (χ2v) is 2.46. The molecule has 1 unspecified atom stereocenters. The molecule has 0 aliphatic carbocycles. The van der Waals surface area contributed by atoms with E-state index < -0.39 is 0 Å². The van der Waals surface area contributed by atoms with E-state index in [1.165, 1.54) is 0 Å². The molecule has 0 bridgehead atoms. The number of ether oxygens (including phenoxy) is 1. The molecule has 0 amide bonds. The number of rotatable bonds is 5. The van der Waals surface area contributed by atoms with Crippen LogP contribution in [0, 0.1) is 5.92 Å². The summed E-state index contributed by atoms with van der Waals surface area (Å²) in [7, 11) is 0. The van der Waals surface area contributed by atoms with Crippen molar-refractivity contribution in [3.05, 3.63) is 0 Å². The Labute approximate surface area is 67.4 Å². The number of aliphatic hydroxyl groups excluding tert-OH is 1. The maximum absolute atomic E-state index is 11.0. The Morgan fingerprint density at radius 2 is 2.18 bits per heavy atom. The average Bonchev–Trinajstić information content (AvgIpc) is 2.03. The Bertz CT molecular complexity index is 108. The first-order chi connectivity index (χ1) is 5.26. The van der Waals surface area contributed by atoms with Gasteiger partial charge in [0.2, 0.25) is 0 Å². The highest BCUT2D eigenvalue weighted by Crippen LogP contribution is 2.03. The van der Waals surface area contributed by atoms with Crippen LogP contribution in [-0.2, 0) is 9.53 Å². The van der Waals surface area contributed by atoms with E-state index in [0.717, 1.165) is 6.42 Å². The van der Waals surface area contributed by atoms with Gasteiger partial charge in [-0.15, -0.1) is 0 Å². The lowest BCUT2D eigenvalue weighted by Gasteiger charge is -2.09. The molecule has 0 saturated carbocycles. The van der Waals surface area contributed by atoms with Gasteiger partial charge in [0.1, 0.15) is 0 Å². The van der Waals surface area contributed by atoms with Gasteiger partial charge in [0.15, 0.2) is 0 Å². The highest BCUT2D eigenvalue weighted by Gasteiger charge is 2.15. The van der Waals surface area contributed by atoms with Crippen LogP contribution in [0.4, 0.5) is 0 Å². The fourth-order valence-corrected chi connectivity index (χ4v) is 0.691. The number of carbonyl (C=O) groups is 1. The van der Waals surface area contributed by atoms with Crippen molar-refractivity contribution in [1.82, 2.24) is 0 Å². The standard InChI is InChI=1S/C8H16O3/c1-3-5-11-8(10)7(4-2)6-9/h7,9H,3-6H2,1-2H3. The van der Waals surface area contributed by atoms with Gasteiger partial charge < -0.3 is 9.84 Å². The van der Waals surface area contributed by atoms with Crippen LogP contribution in [0.3, 0.4) is 0 Å². The molecule has 3 heteroatoms. The Kier molecular flexibility index (Phi) is 5.84. The second kappa shape index (κ2) is 6.16. The van der Waals surface area contributed by atoms with Crippen LogP contribution in [0.15, 0.2) is 0 Å². The predicted molar refractivity (Wildman–Crippen MR) is 42.1 cm³/mol. The molecule has 0 spiro atoms. The molecular formula is C8H16O3. The van der Waals surface area contributed by atoms with Crippen molar-refractivity contribution >= 4 is 5.97 Å². The Morgan fingerprint density at radius 1 is 1.55 bits per heavy atom. The molecule has 66 valence electrons. The summed E-state index contributed by atoms with van der Waals surface area (Å²) in [5.41, 5.74) is 0. The van der Waals surface area contributed by atoms with E-state index in [1.54, 1.807) is 0 Å². The molecule has 0 aliphatic rings. The lowest BCUT2D eigenvalue weighted by atomic mass is 10.1. The van der Waals surface area contributed by atoms with E-state index in [9.17, 15) is 4.79 Å². The van der Waals surface area contributed by atoms with Gasteiger partial charge in [-0.3, -0.25) is 4.79 Å². The predicted octanol–water partition coefficient (Wildman–Crippen LogP) is 0.958. The van der Waals surface area contributed by atoms with Gasteiger partial charge in [-0.25, -0.2) is 0 Å². The van der Waals surface area contributed by atoms with Crippen molar-refractivity contribution in [2.75, 3.05) is 13.2 Å². The van der Waals surface area contributed by atoms with E-state index in [2.05, 4.69) is 0 Å². The molecule has 1 atom stereocenters. The van der Waals surface area contributed by atoms with Crippen LogP contribution in [0.2, 0.25) is 0 Å². The summed E-state index contributed by atoms with van der Waals surface area (Å²) in [6.45, 7) is 4.13. The third kappa shape index (κ3) is 3.98. The third-order valence-electron chi connectivity index (χ3n) is 1.49. The zero-order valence-electron chi connectivity index (χ0n) is 7.17. The van der Waals surface area contributed by atoms with Crippen LogP contribution >= 0.6 is 0 Å². The van der Waals surface area contributed by atoms with Crippen molar-refractivity contribution in [3.8, 4) is 0 Å². The third-order valence-corrected chi connectivity index (χ3v) is 1.49. The molecule has 0 radical (unpaired) electrons. The van der Waals surface area contributed by atoms with Crippen LogP contribution < -0.4 is 0 Å². The molecule has 0 aromatic rings. The quantitative estimate of drug-likeness (QED) is 0.609. The number of esters is 1. The monoisotopic (exact) mass is 160 g/mol. The maximum atomic E-state index is 11.0. The number of carbonyl (C=O) groups excluding carboxylic acids is 1. The Morgan fingerprint density at radius 3 is 2.55 bits per heavy atom. The van der Waals surface area contributed by atoms with Crippen LogP contribution in [0.25, 0.3) is 0 Å². The van der Waals surface area contributed by atoms with Crippen molar-refractivity contribution in [1.29, 1.82) is 0 Å². The summed E-state index contributed by atoms with van der Waals surface area (Å²) >= 11 is 0. The first-order valence-electron chi connectivity index (χ1n) is 4.03. The van der Waals surface area contributed by atoms with Crippen molar-refractivity contribution in [2.24, 2.45) is 5.92 Å². The Balaban J connectivity index is 3.61. The minimum absolute atomic E-state index is 0.112. The summed E-state index contributed by atoms with van der Waals surface area (Å²) in [5.74, 6) is -0.613. The molecule has 1 N–H and O–H groups in total. The lowest BCUT2D eigenvalue weighted by Crippen LogP contribution is -2.20. The molecular weight excluding hydrogens is 144 g/mol. The van der Waals surface area contributed by atoms with Crippen LogP contribution in [0.5, 0.6) is 0 Å². The molecule has 0 rings (SSSR count). The van der Waals surface area contributed by atoms with E-state index >= 15 is 0 Å². The topological polar surface area (TPSA) is 46.5 Å². The van der Waals surface area contributed by atoms with E-state index in [4.69, 9.17) is 9.84 Å². The fraction of sp³-hybridized carbons (Fsp3) is 0.875. The normalized spacial score (nSPS) is 12.6. The molecule has 11 heavy (non-hydrogen) atoms. The smallest absolute Gasteiger partial charge is 0.311 e. The minimum Gasteiger partial charge on any atom is -0.465 e. The average molecular weight is 160 g/mol. The summed E-state index contributed by atoms with van der Waals surface area (Å²) in [6, 6.07) is 0. The van der Waals surface area contributed by atoms with Gasteiger partial charge >= 0.3 is 5.97 Å². The van der Waals surface area contributed by atoms with Crippen LogP contribution in [-0.4, -0.2) is 24.3 Å². The fourth-order valence-electron chi connectivity index (χ4n) is 0.691.